The Kier molecular flexibility index (Phi) is 28.9. The van der Waals surface area contributed by atoms with Crippen LogP contribution in [0.15, 0.2) is 95.4 Å². The molecule has 0 bridgehead atoms. The summed E-state index contributed by atoms with van der Waals surface area (Å²) in [5.41, 5.74) is -13.5. The van der Waals surface area contributed by atoms with Crippen molar-refractivity contribution in [2.45, 2.75) is 266 Å². The zero-order valence-electron chi connectivity index (χ0n) is 62.8. The number of ketones is 4. The third-order valence-electron chi connectivity index (χ3n) is 23.2. The van der Waals surface area contributed by atoms with Crippen LogP contribution in [0, 0.1) is 91.9 Å². The number of nitrogens with zero attached hydrogens (tertiary/aromatic N) is 2. The molecule has 4 aromatic carbocycles. The maximum atomic E-state index is 19.8. The molecule has 0 spiro atoms. The second-order valence-electron chi connectivity index (χ2n) is 31.1. The fourth-order valence-electron chi connectivity index (χ4n) is 14.7. The summed E-state index contributed by atoms with van der Waals surface area (Å²) < 4.78 is 151. The number of benzene rings is 4. The first-order valence-corrected chi connectivity index (χ1v) is 38.3. The van der Waals surface area contributed by atoms with Crippen molar-refractivity contribution in [3.63, 3.8) is 0 Å². The van der Waals surface area contributed by atoms with E-state index in [0.29, 0.717) is 25.7 Å². The number of rotatable bonds is 40. The SMILES string of the molecule is CCCCCCC(C)C(C)(C)C(=O)c1ccc(F)c([N+]([Ti][N+](C2=C(C)C=CC2)(c2c(F)ccc(C(=O)C(C)(C)C(C)CCCCCC)c2F)c2c(F)ccc(C(=O)C(C)(C)C(C)CCCCCC)c2F)(C2=C(C)C=CC2)c2c(F)ccc(C(=O)C(C)(C)C(C)CCCCCC)c2F)c1F. The second kappa shape index (κ2) is 34.7. The molecular formula is C84H114F8N2O4Ti+2. The Morgan fingerprint density at radius 2 is 0.576 bits per heavy atom. The molecular weight excluding hydrogens is 1300 g/mol. The molecule has 0 radical (unpaired) electrons. The monoisotopic (exact) mass is 1410 g/mol. The number of quaternary nitrogens is 2. The number of carbonyl (C=O) groups is 4. The summed E-state index contributed by atoms with van der Waals surface area (Å²) in [7, 11) is 0. The van der Waals surface area contributed by atoms with Crippen LogP contribution in [0.1, 0.15) is 307 Å². The summed E-state index contributed by atoms with van der Waals surface area (Å²) in [4.78, 5) is 62.5. The molecule has 4 unspecified atom stereocenters. The predicted octanol–water partition coefficient (Wildman–Crippen LogP) is 26.4. The van der Waals surface area contributed by atoms with Crippen molar-refractivity contribution in [2.24, 2.45) is 45.3 Å². The molecule has 0 aliphatic heterocycles. The van der Waals surface area contributed by atoms with Crippen molar-refractivity contribution in [1.29, 1.82) is 0 Å². The van der Waals surface area contributed by atoms with E-state index in [1.54, 1.807) is 67.5 Å². The van der Waals surface area contributed by atoms with Gasteiger partial charge in [0.15, 0.2) is 0 Å². The third-order valence-corrected chi connectivity index (χ3v) is 26.4. The molecule has 6 rings (SSSR count). The van der Waals surface area contributed by atoms with Gasteiger partial charge in [-0.3, -0.25) is 0 Å². The van der Waals surface area contributed by atoms with Gasteiger partial charge in [0.05, 0.1) is 0 Å². The maximum absolute atomic E-state index is 19.8. The van der Waals surface area contributed by atoms with Crippen LogP contribution in [-0.4, -0.2) is 23.1 Å². The van der Waals surface area contributed by atoms with E-state index in [-0.39, 0.29) is 22.5 Å². The van der Waals surface area contributed by atoms with Gasteiger partial charge < -0.3 is 0 Å². The predicted molar refractivity (Wildman–Crippen MR) is 385 cm³/mol. The summed E-state index contributed by atoms with van der Waals surface area (Å²) >= 11 is -3.92. The van der Waals surface area contributed by atoms with Crippen LogP contribution < -0.4 is 5.93 Å². The molecule has 2 aliphatic rings. The van der Waals surface area contributed by atoms with Crippen molar-refractivity contribution < 1.29 is 74.0 Å². The van der Waals surface area contributed by atoms with E-state index >= 15 is 54.3 Å². The van der Waals surface area contributed by atoms with Crippen molar-refractivity contribution in [3.8, 4) is 0 Å². The van der Waals surface area contributed by atoms with E-state index in [1.165, 1.54) is 26.0 Å². The fourth-order valence-corrected chi connectivity index (χ4v) is 18.5. The molecule has 99 heavy (non-hydrogen) atoms. The van der Waals surface area contributed by atoms with Crippen LogP contribution in [0.2, 0.25) is 0 Å². The number of Topliss-reactive ketones (excluding diaryl/α,β-unsaturated/α-hetero) is 4. The molecule has 0 heterocycles. The number of hydrogen-bond acceptors (Lipinski definition) is 4. The first-order valence-electron chi connectivity index (χ1n) is 37.0. The Morgan fingerprint density at radius 3 is 0.758 bits per heavy atom. The molecule has 0 aromatic heterocycles. The van der Waals surface area contributed by atoms with Crippen LogP contribution in [0.5, 0.6) is 0 Å². The van der Waals surface area contributed by atoms with Gasteiger partial charge in [-0.1, -0.05) is 27.7 Å². The Labute approximate surface area is 597 Å². The van der Waals surface area contributed by atoms with Crippen molar-refractivity contribution in [3.05, 3.63) is 164 Å². The third kappa shape index (κ3) is 16.8. The summed E-state index contributed by atoms with van der Waals surface area (Å²) in [5, 5.41) is 0. The summed E-state index contributed by atoms with van der Waals surface area (Å²) in [5.74, 6) is -17.4. The first kappa shape index (κ1) is 82.5. The van der Waals surface area contributed by atoms with Crippen LogP contribution in [0.25, 0.3) is 0 Å². The average molecular weight is 1420 g/mol. The van der Waals surface area contributed by atoms with Gasteiger partial charge in [-0.15, -0.1) is 0 Å². The first-order chi connectivity index (χ1) is 46.5. The van der Waals surface area contributed by atoms with Gasteiger partial charge in [-0.25, -0.2) is 0 Å². The van der Waals surface area contributed by atoms with E-state index in [4.69, 9.17) is 0 Å². The quantitative estimate of drug-likeness (QED) is 0.0193. The Balaban J connectivity index is 1.97. The van der Waals surface area contributed by atoms with Gasteiger partial charge in [-0.05, 0) is 0 Å². The Morgan fingerprint density at radius 1 is 0.364 bits per heavy atom. The van der Waals surface area contributed by atoms with E-state index < -0.39 is 198 Å². The van der Waals surface area contributed by atoms with E-state index in [0.717, 1.165) is 151 Å². The van der Waals surface area contributed by atoms with Crippen LogP contribution in [0.4, 0.5) is 57.9 Å². The van der Waals surface area contributed by atoms with E-state index in [1.807, 2.05) is 27.7 Å². The molecule has 4 atom stereocenters. The molecule has 0 fully saturated rings. The molecule has 0 saturated carbocycles. The minimum atomic E-state index is -3.92. The van der Waals surface area contributed by atoms with Crippen LogP contribution in [0.3, 0.4) is 0 Å². The summed E-state index contributed by atoms with van der Waals surface area (Å²) in [6.45, 7) is 31.8. The van der Waals surface area contributed by atoms with E-state index in [2.05, 4.69) is 27.7 Å². The Bertz CT molecular complexity index is 3270. The van der Waals surface area contributed by atoms with Crippen LogP contribution >= 0.6 is 0 Å². The zero-order valence-corrected chi connectivity index (χ0v) is 64.4. The molecule has 2 aliphatic carbocycles. The normalized spacial score (nSPS) is 16.3. The second-order valence-corrected chi connectivity index (χ2v) is 33.6. The number of allylic oxidation sites excluding steroid dienone is 6. The Hall–Kier alpha value is -5.41. The molecule has 6 nitrogen and oxygen atoms in total. The van der Waals surface area contributed by atoms with Gasteiger partial charge in [-0.2, -0.15) is 0 Å². The number of halogens is 8. The molecule has 0 saturated heterocycles. The zero-order chi connectivity index (χ0) is 73.9. The molecule has 542 valence electrons. The average Bonchev–Trinajstić information content (AvgIpc) is 1.54. The standard InChI is InChI=1S/2C42H57F4NO2.Ti/c2*1-10-12-14-16-20-28(4)41(6,7)39(48)30-23-25-32(43)37(35(30)45)47(34-22-18-19-27(34)3)38-33(44)26-24-31(36(38)46)40(49)42(8,9)29(5)21-17-15-13-11-2;/h2*18-19,23-26,28-29H,10-17,20-22H2,1-9H3;/q;;+2. The van der Waals surface area contributed by atoms with Gasteiger partial charge in [0.1, 0.15) is 0 Å². The van der Waals surface area contributed by atoms with Gasteiger partial charge in [0.2, 0.25) is 0 Å². The molecule has 0 amide bonds. The molecule has 4 aromatic rings. The summed E-state index contributed by atoms with van der Waals surface area (Å²) in [6, 6.07) is 7.03. The number of carbonyl (C=O) groups excluding carboxylic acids is 4. The molecule has 0 N–H and O–H groups in total. The van der Waals surface area contributed by atoms with Crippen molar-refractivity contribution >= 4 is 45.9 Å². The van der Waals surface area contributed by atoms with Gasteiger partial charge >= 0.3 is 573 Å². The topological polar surface area (TPSA) is 68.3 Å². The van der Waals surface area contributed by atoms with E-state index in [9.17, 15) is 0 Å². The van der Waals surface area contributed by atoms with Gasteiger partial charge in [0, 0.05) is 0 Å². The van der Waals surface area contributed by atoms with Crippen molar-refractivity contribution in [2.75, 3.05) is 0 Å². The summed E-state index contributed by atoms with van der Waals surface area (Å²) in [6.07, 6.45) is 21.3. The van der Waals surface area contributed by atoms with Gasteiger partial charge in [0.25, 0.3) is 0 Å². The van der Waals surface area contributed by atoms with Crippen LogP contribution in [-0.2, 0) is 19.7 Å². The fraction of sp³-hybridized carbons (Fsp3) is 0.571. The number of hydrogen-bond donors (Lipinski definition) is 0. The minimum absolute atomic E-state index is 0.124. The molecule has 15 heteroatoms. The number of unbranched alkanes of at least 4 members (excludes halogenated alkanes) is 12. The van der Waals surface area contributed by atoms with Crippen molar-refractivity contribution in [1.82, 2.24) is 5.93 Å².